The average Bonchev–Trinajstić information content (AvgIpc) is 3.09. The fraction of sp³-hybridized carbons (Fsp3) is 0.429. The standard InChI is InChI=1S/C21H26N2O5S/c1-12(2)23-7-6-16-17(11-23)29-20(18(16)21(25)28-5)22-19(24)13-8-14(26-3)10-15(9-13)27-4/h8-10,12H,6-7,11H2,1-5H3,(H,22,24). The number of anilines is 1. The molecule has 0 unspecified atom stereocenters. The molecule has 1 aliphatic heterocycles. The molecule has 1 aliphatic rings. The highest BCUT2D eigenvalue weighted by molar-refractivity contribution is 7.17. The fourth-order valence-electron chi connectivity index (χ4n) is 3.38. The van der Waals surface area contributed by atoms with Crippen LogP contribution in [0.3, 0.4) is 0 Å². The predicted molar refractivity (Wildman–Crippen MR) is 112 cm³/mol. The molecule has 2 heterocycles. The number of methoxy groups -OCH3 is 3. The van der Waals surface area contributed by atoms with Crippen molar-refractivity contribution in [3.63, 3.8) is 0 Å². The molecule has 0 bridgehead atoms. The van der Waals surface area contributed by atoms with Crippen LogP contribution in [-0.2, 0) is 17.7 Å². The van der Waals surface area contributed by atoms with Crippen LogP contribution in [0, 0.1) is 0 Å². The quantitative estimate of drug-likeness (QED) is 0.723. The third-order valence-electron chi connectivity index (χ3n) is 5.05. The Balaban J connectivity index is 1.95. The zero-order valence-electron chi connectivity index (χ0n) is 17.3. The minimum atomic E-state index is -0.431. The van der Waals surface area contributed by atoms with Gasteiger partial charge in [-0.1, -0.05) is 0 Å². The van der Waals surface area contributed by atoms with Crippen molar-refractivity contribution in [3.8, 4) is 11.5 Å². The highest BCUT2D eigenvalue weighted by Gasteiger charge is 2.30. The zero-order valence-corrected chi connectivity index (χ0v) is 18.1. The van der Waals surface area contributed by atoms with Gasteiger partial charge in [0.05, 0.1) is 26.9 Å². The van der Waals surface area contributed by atoms with Crippen molar-refractivity contribution in [2.24, 2.45) is 0 Å². The van der Waals surface area contributed by atoms with Crippen LogP contribution in [0.4, 0.5) is 5.00 Å². The largest absolute Gasteiger partial charge is 0.497 e. The predicted octanol–water partition coefficient (Wildman–Crippen LogP) is 3.57. The number of esters is 1. The second-order valence-electron chi connectivity index (χ2n) is 7.07. The highest BCUT2D eigenvalue weighted by atomic mass is 32.1. The number of rotatable bonds is 6. The Morgan fingerprint density at radius 1 is 1.10 bits per heavy atom. The van der Waals surface area contributed by atoms with E-state index in [9.17, 15) is 9.59 Å². The molecule has 0 saturated heterocycles. The maximum absolute atomic E-state index is 12.9. The molecule has 2 aromatic rings. The molecule has 1 aromatic carbocycles. The van der Waals surface area contributed by atoms with Gasteiger partial charge < -0.3 is 19.5 Å². The number of carbonyl (C=O) groups is 2. The summed E-state index contributed by atoms with van der Waals surface area (Å²) in [6, 6.07) is 5.36. The Bertz CT molecular complexity index is 900. The summed E-state index contributed by atoms with van der Waals surface area (Å²) in [5, 5.41) is 3.41. The van der Waals surface area contributed by atoms with Crippen molar-refractivity contribution in [3.05, 3.63) is 39.8 Å². The number of carbonyl (C=O) groups excluding carboxylic acids is 2. The highest BCUT2D eigenvalue weighted by Crippen LogP contribution is 2.38. The van der Waals surface area contributed by atoms with E-state index in [1.165, 1.54) is 32.7 Å². The summed E-state index contributed by atoms with van der Waals surface area (Å²) in [6.07, 6.45) is 0.747. The number of thiophene rings is 1. The van der Waals surface area contributed by atoms with E-state index < -0.39 is 5.97 Å². The van der Waals surface area contributed by atoms with Gasteiger partial charge in [-0.25, -0.2) is 4.79 Å². The van der Waals surface area contributed by atoms with Gasteiger partial charge >= 0.3 is 5.97 Å². The number of ether oxygens (including phenoxy) is 3. The van der Waals surface area contributed by atoms with Crippen LogP contribution >= 0.6 is 11.3 Å². The molecule has 0 atom stereocenters. The van der Waals surface area contributed by atoms with Gasteiger partial charge in [-0.05, 0) is 38.0 Å². The number of hydrogen-bond donors (Lipinski definition) is 1. The molecule has 0 saturated carbocycles. The average molecular weight is 419 g/mol. The van der Waals surface area contributed by atoms with Gasteiger partial charge in [-0.2, -0.15) is 0 Å². The minimum absolute atomic E-state index is 0.341. The first-order valence-electron chi connectivity index (χ1n) is 9.39. The lowest BCUT2D eigenvalue weighted by molar-refractivity contribution is 0.0600. The van der Waals surface area contributed by atoms with Crippen molar-refractivity contribution >= 4 is 28.2 Å². The smallest absolute Gasteiger partial charge is 0.341 e. The Morgan fingerprint density at radius 3 is 2.31 bits per heavy atom. The zero-order chi connectivity index (χ0) is 21.1. The van der Waals surface area contributed by atoms with Crippen LogP contribution in [0.1, 0.15) is 45.0 Å². The first-order valence-corrected chi connectivity index (χ1v) is 10.2. The van der Waals surface area contributed by atoms with Crippen LogP contribution in [0.15, 0.2) is 18.2 Å². The summed E-state index contributed by atoms with van der Waals surface area (Å²) in [6.45, 7) is 5.92. The lowest BCUT2D eigenvalue weighted by atomic mass is 10.0. The second kappa shape index (κ2) is 8.84. The normalized spacial score (nSPS) is 13.7. The molecule has 1 amide bonds. The molecule has 0 spiro atoms. The molecule has 3 rings (SSSR count). The van der Waals surface area contributed by atoms with Crippen LogP contribution in [0.25, 0.3) is 0 Å². The topological polar surface area (TPSA) is 77.1 Å². The SMILES string of the molecule is COC(=O)c1c(NC(=O)c2cc(OC)cc(OC)c2)sc2c1CCN(C(C)C)C2. The van der Waals surface area contributed by atoms with Gasteiger partial charge in [0.15, 0.2) is 0 Å². The molecule has 1 N–H and O–H groups in total. The van der Waals surface area contributed by atoms with E-state index in [1.807, 2.05) is 0 Å². The fourth-order valence-corrected chi connectivity index (χ4v) is 4.64. The lowest BCUT2D eigenvalue weighted by Gasteiger charge is -2.30. The third kappa shape index (κ3) is 4.38. The van der Waals surface area contributed by atoms with E-state index in [4.69, 9.17) is 14.2 Å². The molecule has 0 aliphatic carbocycles. The Hall–Kier alpha value is -2.58. The second-order valence-corrected chi connectivity index (χ2v) is 8.17. The number of fused-ring (bicyclic) bond motifs is 1. The van der Waals surface area contributed by atoms with Crippen molar-refractivity contribution in [1.82, 2.24) is 4.90 Å². The van der Waals surface area contributed by atoms with Gasteiger partial charge in [0.25, 0.3) is 5.91 Å². The van der Waals surface area contributed by atoms with E-state index in [-0.39, 0.29) is 5.91 Å². The van der Waals surface area contributed by atoms with Crippen LogP contribution < -0.4 is 14.8 Å². The van der Waals surface area contributed by atoms with Crippen LogP contribution in [0.2, 0.25) is 0 Å². The van der Waals surface area contributed by atoms with Crippen molar-refractivity contribution in [2.75, 3.05) is 33.2 Å². The maximum atomic E-state index is 12.9. The summed E-state index contributed by atoms with van der Waals surface area (Å²) < 4.78 is 15.5. The van der Waals surface area contributed by atoms with E-state index in [2.05, 4.69) is 24.1 Å². The van der Waals surface area contributed by atoms with Crippen molar-refractivity contribution in [1.29, 1.82) is 0 Å². The van der Waals surface area contributed by atoms with Gasteiger partial charge in [0.1, 0.15) is 16.5 Å². The van der Waals surface area contributed by atoms with Gasteiger partial charge in [-0.15, -0.1) is 11.3 Å². The van der Waals surface area contributed by atoms with E-state index in [0.29, 0.717) is 33.7 Å². The third-order valence-corrected chi connectivity index (χ3v) is 6.18. The Labute approximate surface area is 174 Å². The molecule has 1 aromatic heterocycles. The molecule has 8 heteroatoms. The number of hydrogen-bond acceptors (Lipinski definition) is 7. The molecule has 7 nitrogen and oxygen atoms in total. The summed E-state index contributed by atoms with van der Waals surface area (Å²) >= 11 is 1.43. The van der Waals surface area contributed by atoms with Crippen LogP contribution in [-0.4, -0.2) is 50.7 Å². The Morgan fingerprint density at radius 2 is 1.76 bits per heavy atom. The number of benzene rings is 1. The van der Waals surface area contributed by atoms with Gasteiger partial charge in [-0.3, -0.25) is 9.69 Å². The summed E-state index contributed by atoms with van der Waals surface area (Å²) in [7, 11) is 4.41. The van der Waals surface area contributed by atoms with Gasteiger partial charge in [0, 0.05) is 35.6 Å². The molecule has 0 radical (unpaired) electrons. The first kappa shape index (κ1) is 21.1. The minimum Gasteiger partial charge on any atom is -0.497 e. The number of nitrogens with zero attached hydrogens (tertiary/aromatic N) is 1. The van der Waals surface area contributed by atoms with E-state index in [1.54, 1.807) is 18.2 Å². The lowest BCUT2D eigenvalue weighted by Crippen LogP contribution is -2.35. The first-order chi connectivity index (χ1) is 13.9. The van der Waals surface area contributed by atoms with Crippen LogP contribution in [0.5, 0.6) is 11.5 Å². The molecular weight excluding hydrogens is 392 g/mol. The van der Waals surface area contributed by atoms with Gasteiger partial charge in [0.2, 0.25) is 0 Å². The summed E-state index contributed by atoms with van der Waals surface area (Å²) in [4.78, 5) is 28.8. The molecular formula is C21H26N2O5S. The molecule has 29 heavy (non-hydrogen) atoms. The van der Waals surface area contributed by atoms with E-state index in [0.717, 1.165) is 30.0 Å². The molecule has 0 fully saturated rings. The monoisotopic (exact) mass is 418 g/mol. The summed E-state index contributed by atoms with van der Waals surface area (Å²) in [5.41, 5.74) is 1.81. The van der Waals surface area contributed by atoms with Crippen molar-refractivity contribution < 1.29 is 23.8 Å². The molecule has 156 valence electrons. The van der Waals surface area contributed by atoms with E-state index >= 15 is 0 Å². The number of amides is 1. The number of nitrogens with one attached hydrogen (secondary N) is 1. The maximum Gasteiger partial charge on any atom is 0.341 e. The Kier molecular flexibility index (Phi) is 6.44. The van der Waals surface area contributed by atoms with Crippen molar-refractivity contribution in [2.45, 2.75) is 32.9 Å². The summed E-state index contributed by atoms with van der Waals surface area (Å²) in [5.74, 6) is 0.257.